The first-order valence-corrected chi connectivity index (χ1v) is 10.8. The maximum Gasteiger partial charge on any atom is 0.300 e. The second-order valence-corrected chi connectivity index (χ2v) is 8.02. The van der Waals surface area contributed by atoms with Crippen LogP contribution in [-0.4, -0.2) is 38.1 Å². The molecule has 1 atom stereocenters. The van der Waals surface area contributed by atoms with Crippen molar-refractivity contribution < 1.29 is 33.3 Å². The van der Waals surface area contributed by atoms with Gasteiger partial charge in [0.25, 0.3) is 11.7 Å². The molecule has 1 fully saturated rings. The van der Waals surface area contributed by atoms with E-state index in [2.05, 4.69) is 0 Å². The first-order chi connectivity index (χ1) is 16.8. The highest BCUT2D eigenvalue weighted by Crippen LogP contribution is 2.45. The smallest absolute Gasteiger partial charge is 0.300 e. The van der Waals surface area contributed by atoms with Gasteiger partial charge in [0.05, 0.1) is 43.5 Å². The van der Waals surface area contributed by atoms with Crippen LogP contribution in [0.3, 0.4) is 0 Å². The molecule has 0 radical (unpaired) electrons. The van der Waals surface area contributed by atoms with Crippen LogP contribution in [0.1, 0.15) is 17.2 Å². The molecule has 180 valence electrons. The van der Waals surface area contributed by atoms with Crippen molar-refractivity contribution in [3.63, 3.8) is 0 Å². The molecule has 1 N–H and O–H groups in total. The number of aliphatic hydroxyl groups is 1. The standard InChI is InChI=1S/C26H21ClFNO6/c1-33-17-6-4-5-16(11-17)29-23(14-7-9-15(28)10-8-14)22(25(31)26(29)32)24(30)18-12-21(35-3)19(27)13-20(18)34-2/h4-13,23,30H,1-3H3/b24-22+. The summed E-state index contributed by atoms with van der Waals surface area (Å²) >= 11 is 6.19. The van der Waals surface area contributed by atoms with Crippen molar-refractivity contribution >= 4 is 34.7 Å². The number of Topliss-reactive ketones (excluding diaryl/α,β-unsaturated/α-hetero) is 1. The molecule has 1 aliphatic rings. The highest BCUT2D eigenvalue weighted by molar-refractivity contribution is 6.51. The van der Waals surface area contributed by atoms with Gasteiger partial charge in [-0.2, -0.15) is 0 Å². The van der Waals surface area contributed by atoms with Gasteiger partial charge in [-0.25, -0.2) is 4.39 Å². The van der Waals surface area contributed by atoms with Crippen molar-refractivity contribution in [1.82, 2.24) is 0 Å². The molecule has 3 aromatic carbocycles. The Morgan fingerprint density at radius 2 is 1.63 bits per heavy atom. The van der Waals surface area contributed by atoms with Gasteiger partial charge in [0.2, 0.25) is 0 Å². The van der Waals surface area contributed by atoms with Crippen molar-refractivity contribution in [3.05, 3.63) is 88.2 Å². The van der Waals surface area contributed by atoms with Crippen molar-refractivity contribution in [3.8, 4) is 17.2 Å². The zero-order chi connectivity index (χ0) is 25.3. The maximum atomic E-state index is 13.7. The van der Waals surface area contributed by atoms with Crippen molar-refractivity contribution in [2.75, 3.05) is 26.2 Å². The molecule has 7 nitrogen and oxygen atoms in total. The molecule has 0 spiro atoms. The van der Waals surface area contributed by atoms with E-state index in [1.807, 2.05) is 0 Å². The summed E-state index contributed by atoms with van der Waals surface area (Å²) in [5.41, 5.74) is 0.673. The van der Waals surface area contributed by atoms with Crippen LogP contribution < -0.4 is 19.1 Å². The molecule has 3 aromatic rings. The lowest BCUT2D eigenvalue weighted by atomic mass is 9.94. The Hall–Kier alpha value is -4.04. The van der Waals surface area contributed by atoms with Gasteiger partial charge >= 0.3 is 0 Å². The van der Waals surface area contributed by atoms with Gasteiger partial charge in [-0.3, -0.25) is 14.5 Å². The first kappa shape index (κ1) is 24.1. The molecule has 0 bridgehead atoms. The average molecular weight is 498 g/mol. The van der Waals surface area contributed by atoms with E-state index in [0.29, 0.717) is 17.0 Å². The third kappa shape index (κ3) is 4.28. The molecule has 0 aliphatic carbocycles. The fraction of sp³-hybridized carbons (Fsp3) is 0.154. The minimum absolute atomic E-state index is 0.101. The Morgan fingerprint density at radius 1 is 0.943 bits per heavy atom. The van der Waals surface area contributed by atoms with Gasteiger partial charge in [0, 0.05) is 17.8 Å². The zero-order valence-corrected chi connectivity index (χ0v) is 19.8. The van der Waals surface area contributed by atoms with Crippen LogP contribution >= 0.6 is 11.6 Å². The minimum Gasteiger partial charge on any atom is -0.507 e. The second-order valence-electron chi connectivity index (χ2n) is 7.61. The van der Waals surface area contributed by atoms with Crippen molar-refractivity contribution in [1.29, 1.82) is 0 Å². The summed E-state index contributed by atoms with van der Waals surface area (Å²) in [6.45, 7) is 0. The highest BCUT2D eigenvalue weighted by Gasteiger charge is 2.47. The molecule has 0 aromatic heterocycles. The molecule has 1 heterocycles. The van der Waals surface area contributed by atoms with Crippen LogP contribution in [0.2, 0.25) is 5.02 Å². The summed E-state index contributed by atoms with van der Waals surface area (Å²) in [5, 5.41) is 11.6. The number of anilines is 1. The SMILES string of the molecule is COc1cccc(N2C(=O)C(=O)/C(=C(/O)c3cc(OC)c(Cl)cc3OC)C2c2ccc(F)cc2)c1. The third-order valence-electron chi connectivity index (χ3n) is 5.69. The summed E-state index contributed by atoms with van der Waals surface area (Å²) in [6, 6.07) is 13.7. The van der Waals surface area contributed by atoms with Crippen LogP contribution in [0.15, 0.2) is 66.2 Å². The lowest BCUT2D eigenvalue weighted by molar-refractivity contribution is -0.132. The summed E-state index contributed by atoms with van der Waals surface area (Å²) in [7, 11) is 4.25. The Labute approximate surface area is 205 Å². The topological polar surface area (TPSA) is 85.3 Å². The molecular formula is C26H21ClFNO6. The Kier molecular flexibility index (Phi) is 6.66. The van der Waals surface area contributed by atoms with Gasteiger partial charge in [-0.15, -0.1) is 0 Å². The number of halogens is 2. The molecule has 0 saturated carbocycles. The highest BCUT2D eigenvalue weighted by atomic mass is 35.5. The van der Waals surface area contributed by atoms with E-state index >= 15 is 0 Å². The number of aliphatic hydroxyl groups excluding tert-OH is 1. The first-order valence-electron chi connectivity index (χ1n) is 10.4. The summed E-state index contributed by atoms with van der Waals surface area (Å²) in [6.07, 6.45) is 0. The number of ether oxygens (including phenoxy) is 3. The third-order valence-corrected chi connectivity index (χ3v) is 5.99. The Balaban J connectivity index is 1.99. The van der Waals surface area contributed by atoms with E-state index in [1.54, 1.807) is 24.3 Å². The van der Waals surface area contributed by atoms with Gasteiger partial charge in [0.15, 0.2) is 0 Å². The lowest BCUT2D eigenvalue weighted by Crippen LogP contribution is -2.29. The van der Waals surface area contributed by atoms with Crippen LogP contribution in [-0.2, 0) is 9.59 Å². The fourth-order valence-electron chi connectivity index (χ4n) is 4.01. The summed E-state index contributed by atoms with van der Waals surface area (Å²) in [4.78, 5) is 27.8. The van der Waals surface area contributed by atoms with E-state index in [9.17, 15) is 19.1 Å². The van der Waals surface area contributed by atoms with Crippen molar-refractivity contribution in [2.45, 2.75) is 6.04 Å². The van der Waals surface area contributed by atoms with Crippen LogP contribution in [0.25, 0.3) is 5.76 Å². The largest absolute Gasteiger partial charge is 0.507 e. The number of carbonyl (C=O) groups excluding carboxylic acids is 2. The van der Waals surface area contributed by atoms with E-state index in [0.717, 1.165) is 0 Å². The molecule has 35 heavy (non-hydrogen) atoms. The second kappa shape index (κ2) is 9.68. The zero-order valence-electron chi connectivity index (χ0n) is 19.0. The Morgan fingerprint density at radius 3 is 2.26 bits per heavy atom. The minimum atomic E-state index is -1.06. The molecule has 4 rings (SSSR count). The molecular weight excluding hydrogens is 477 g/mol. The summed E-state index contributed by atoms with van der Waals surface area (Å²) < 4.78 is 29.6. The molecule has 1 aliphatic heterocycles. The van der Waals surface area contributed by atoms with E-state index in [1.165, 1.54) is 62.6 Å². The van der Waals surface area contributed by atoms with E-state index < -0.39 is 29.3 Å². The molecule has 9 heteroatoms. The van der Waals surface area contributed by atoms with Crippen LogP contribution in [0.4, 0.5) is 10.1 Å². The predicted octanol–water partition coefficient (Wildman–Crippen LogP) is 5.13. The number of rotatable bonds is 6. The van der Waals surface area contributed by atoms with E-state index in [4.69, 9.17) is 25.8 Å². The Bertz CT molecular complexity index is 1340. The number of nitrogens with zero attached hydrogens (tertiary/aromatic N) is 1. The fourth-order valence-corrected chi connectivity index (χ4v) is 4.24. The number of ketones is 1. The normalized spacial score (nSPS) is 16.9. The van der Waals surface area contributed by atoms with Gasteiger partial charge in [0.1, 0.15) is 28.8 Å². The average Bonchev–Trinajstić information content (AvgIpc) is 3.14. The number of methoxy groups -OCH3 is 3. The van der Waals surface area contributed by atoms with E-state index in [-0.39, 0.29) is 27.7 Å². The van der Waals surface area contributed by atoms with Gasteiger partial charge in [-0.05, 0) is 35.9 Å². The van der Waals surface area contributed by atoms with Crippen molar-refractivity contribution in [2.24, 2.45) is 0 Å². The number of hydrogen-bond acceptors (Lipinski definition) is 6. The number of carbonyl (C=O) groups is 2. The van der Waals surface area contributed by atoms with Crippen LogP contribution in [0.5, 0.6) is 17.2 Å². The molecule has 1 amide bonds. The van der Waals surface area contributed by atoms with Crippen LogP contribution in [0, 0.1) is 5.82 Å². The number of amides is 1. The lowest BCUT2D eigenvalue weighted by Gasteiger charge is -2.26. The van der Waals surface area contributed by atoms with Gasteiger partial charge < -0.3 is 19.3 Å². The monoisotopic (exact) mass is 497 g/mol. The number of hydrogen-bond donors (Lipinski definition) is 1. The van der Waals surface area contributed by atoms with Gasteiger partial charge in [-0.1, -0.05) is 29.8 Å². The molecule has 1 unspecified atom stereocenters. The predicted molar refractivity (Wildman–Crippen MR) is 129 cm³/mol. The molecule has 1 saturated heterocycles. The quantitative estimate of drug-likeness (QED) is 0.289. The number of benzene rings is 3. The maximum absolute atomic E-state index is 13.7. The summed E-state index contributed by atoms with van der Waals surface area (Å²) in [5.74, 6) is -1.91.